The van der Waals surface area contributed by atoms with Crippen molar-refractivity contribution in [3.63, 3.8) is 0 Å². The summed E-state index contributed by atoms with van der Waals surface area (Å²) in [7, 11) is 0. The number of nitrogens with one attached hydrogen (secondary N) is 1. The summed E-state index contributed by atoms with van der Waals surface area (Å²) >= 11 is 0. The monoisotopic (exact) mass is 256 g/mol. The molecule has 5 nitrogen and oxygen atoms in total. The minimum atomic E-state index is -0.539. The van der Waals surface area contributed by atoms with Gasteiger partial charge in [-0.25, -0.2) is 0 Å². The lowest BCUT2D eigenvalue weighted by Gasteiger charge is -2.21. The van der Waals surface area contributed by atoms with E-state index in [9.17, 15) is 4.79 Å². The van der Waals surface area contributed by atoms with Crippen molar-refractivity contribution in [1.29, 1.82) is 5.26 Å². The van der Waals surface area contributed by atoms with Gasteiger partial charge in [0.05, 0.1) is 31.5 Å². The van der Waals surface area contributed by atoms with Gasteiger partial charge in [0.2, 0.25) is 0 Å². The Bertz CT molecular complexity index is 663. The quantitative estimate of drug-likeness (QED) is 0.829. The Kier molecular flexibility index (Phi) is 3.03. The lowest BCUT2D eigenvalue weighted by molar-refractivity contribution is -0.0718. The number of carbonyl (C=O) groups is 1. The van der Waals surface area contributed by atoms with Gasteiger partial charge in [-0.15, -0.1) is 0 Å². The predicted molar refractivity (Wildman–Crippen MR) is 67.9 cm³/mol. The second-order valence-corrected chi connectivity index (χ2v) is 4.37. The molecule has 1 aromatic heterocycles. The summed E-state index contributed by atoms with van der Waals surface area (Å²) in [4.78, 5) is 15.4. The number of Topliss-reactive ketones (excluding diaryl/α,β-unsaturated/α-hetero) is 1. The molecule has 3 rings (SSSR count). The molecule has 0 saturated carbocycles. The first-order valence-electron chi connectivity index (χ1n) is 6.04. The number of ketones is 1. The van der Waals surface area contributed by atoms with Crippen LogP contribution in [0.15, 0.2) is 24.4 Å². The number of rotatable bonds is 2. The van der Waals surface area contributed by atoms with Gasteiger partial charge in [0.15, 0.2) is 5.78 Å². The fourth-order valence-electron chi connectivity index (χ4n) is 2.21. The van der Waals surface area contributed by atoms with Crippen LogP contribution in [0.3, 0.4) is 0 Å². The van der Waals surface area contributed by atoms with Crippen LogP contribution < -0.4 is 0 Å². The number of hydrogen-bond acceptors (Lipinski definition) is 4. The Labute approximate surface area is 109 Å². The van der Waals surface area contributed by atoms with E-state index in [1.54, 1.807) is 24.4 Å². The number of aromatic nitrogens is 1. The van der Waals surface area contributed by atoms with Gasteiger partial charge < -0.3 is 14.5 Å². The van der Waals surface area contributed by atoms with Crippen LogP contribution in [0.1, 0.15) is 15.9 Å². The number of nitriles is 1. The molecule has 0 bridgehead atoms. The molecule has 0 amide bonds. The van der Waals surface area contributed by atoms with E-state index in [1.807, 2.05) is 0 Å². The average Bonchev–Trinajstić information content (AvgIpc) is 2.90. The van der Waals surface area contributed by atoms with Crippen LogP contribution in [0.2, 0.25) is 0 Å². The van der Waals surface area contributed by atoms with E-state index in [2.05, 4.69) is 11.1 Å². The molecule has 1 saturated heterocycles. The van der Waals surface area contributed by atoms with Gasteiger partial charge in [-0.05, 0) is 12.1 Å². The Morgan fingerprint density at radius 2 is 2.32 bits per heavy atom. The van der Waals surface area contributed by atoms with Gasteiger partial charge in [0, 0.05) is 22.7 Å². The number of ether oxygens (including phenoxy) is 2. The third-order valence-corrected chi connectivity index (χ3v) is 3.18. The first-order valence-corrected chi connectivity index (χ1v) is 6.04. The highest BCUT2D eigenvalue weighted by Gasteiger charge is 2.25. The zero-order chi connectivity index (χ0) is 13.2. The molecule has 1 aliphatic heterocycles. The fourth-order valence-corrected chi connectivity index (χ4v) is 2.21. The normalized spacial score (nSPS) is 19.2. The van der Waals surface area contributed by atoms with Crippen molar-refractivity contribution in [3.8, 4) is 6.07 Å². The second-order valence-electron chi connectivity index (χ2n) is 4.37. The molecule has 0 spiro atoms. The summed E-state index contributed by atoms with van der Waals surface area (Å²) in [5.74, 6) is -0.0874. The third-order valence-electron chi connectivity index (χ3n) is 3.18. The summed E-state index contributed by atoms with van der Waals surface area (Å²) in [6.45, 7) is 1.27. The molecular formula is C14H12N2O3. The largest absolute Gasteiger partial charge is 0.376 e. The third kappa shape index (κ3) is 2.12. The number of carbonyl (C=O) groups excluding carboxylic acids is 1. The maximum absolute atomic E-state index is 12.3. The van der Waals surface area contributed by atoms with Crippen molar-refractivity contribution in [1.82, 2.24) is 4.98 Å². The van der Waals surface area contributed by atoms with Crippen LogP contribution >= 0.6 is 0 Å². The summed E-state index contributed by atoms with van der Waals surface area (Å²) in [6.07, 6.45) is 1.12. The first-order chi connectivity index (χ1) is 9.29. The van der Waals surface area contributed by atoms with E-state index in [1.165, 1.54) is 0 Å². The number of benzene rings is 1. The van der Waals surface area contributed by atoms with Crippen molar-refractivity contribution in [2.75, 3.05) is 19.8 Å². The summed E-state index contributed by atoms with van der Waals surface area (Å²) in [5, 5.41) is 9.65. The van der Waals surface area contributed by atoms with E-state index in [0.29, 0.717) is 30.9 Å². The number of H-pyrrole nitrogens is 1. The summed E-state index contributed by atoms with van der Waals surface area (Å²) in [5.41, 5.74) is 1.92. The van der Waals surface area contributed by atoms with Crippen LogP contribution in [-0.4, -0.2) is 36.7 Å². The van der Waals surface area contributed by atoms with Gasteiger partial charge in [0.1, 0.15) is 6.10 Å². The Balaban J connectivity index is 1.96. The average molecular weight is 256 g/mol. The minimum Gasteiger partial charge on any atom is -0.376 e. The molecule has 1 N–H and O–H groups in total. The molecule has 19 heavy (non-hydrogen) atoms. The van der Waals surface area contributed by atoms with Crippen LogP contribution in [0.4, 0.5) is 0 Å². The zero-order valence-electron chi connectivity index (χ0n) is 10.2. The van der Waals surface area contributed by atoms with Gasteiger partial charge in [-0.3, -0.25) is 4.79 Å². The highest BCUT2D eigenvalue weighted by molar-refractivity contribution is 6.10. The van der Waals surface area contributed by atoms with Gasteiger partial charge in [0.25, 0.3) is 0 Å². The van der Waals surface area contributed by atoms with Crippen LogP contribution in [0, 0.1) is 11.3 Å². The smallest absolute Gasteiger partial charge is 0.196 e. The van der Waals surface area contributed by atoms with Gasteiger partial charge in [-0.1, -0.05) is 6.07 Å². The maximum Gasteiger partial charge on any atom is 0.196 e. The number of hydrogen-bond donors (Lipinski definition) is 1. The Morgan fingerprint density at radius 3 is 3.05 bits per heavy atom. The summed E-state index contributed by atoms with van der Waals surface area (Å²) in [6, 6.07) is 7.28. The molecule has 1 unspecified atom stereocenters. The van der Waals surface area contributed by atoms with Crippen LogP contribution in [0.5, 0.6) is 0 Å². The molecule has 2 heterocycles. The SMILES string of the molecule is N#Cc1ccc2c(C(=O)C3COCCO3)c[nH]c2c1. The van der Waals surface area contributed by atoms with Gasteiger partial charge in [-0.2, -0.15) is 5.26 Å². The zero-order valence-corrected chi connectivity index (χ0v) is 10.2. The van der Waals surface area contributed by atoms with Crippen molar-refractivity contribution in [3.05, 3.63) is 35.5 Å². The standard InChI is InChI=1S/C14H12N2O3/c15-6-9-1-2-10-11(7-16-12(10)5-9)14(17)13-8-18-3-4-19-13/h1-2,5,7,13,16H,3-4,8H2. The second kappa shape index (κ2) is 4.84. The molecule has 96 valence electrons. The van der Waals surface area contributed by atoms with Crippen molar-refractivity contribution in [2.24, 2.45) is 0 Å². The van der Waals surface area contributed by atoms with Crippen LogP contribution in [-0.2, 0) is 9.47 Å². The molecule has 2 aromatic rings. The Hall–Kier alpha value is -2.16. The topological polar surface area (TPSA) is 75.1 Å². The highest BCUT2D eigenvalue weighted by Crippen LogP contribution is 2.22. The molecule has 1 fully saturated rings. The summed E-state index contributed by atoms with van der Waals surface area (Å²) < 4.78 is 10.7. The maximum atomic E-state index is 12.3. The molecule has 5 heteroatoms. The van der Waals surface area contributed by atoms with Crippen molar-refractivity contribution >= 4 is 16.7 Å². The molecule has 1 aromatic carbocycles. The van der Waals surface area contributed by atoms with E-state index >= 15 is 0 Å². The van der Waals surface area contributed by atoms with E-state index in [0.717, 1.165) is 10.9 Å². The number of fused-ring (bicyclic) bond motifs is 1. The number of aromatic amines is 1. The van der Waals surface area contributed by atoms with Crippen molar-refractivity contribution in [2.45, 2.75) is 6.10 Å². The highest BCUT2D eigenvalue weighted by atomic mass is 16.6. The molecular weight excluding hydrogens is 244 g/mol. The van der Waals surface area contributed by atoms with Gasteiger partial charge >= 0.3 is 0 Å². The lowest BCUT2D eigenvalue weighted by Crippen LogP contribution is -2.35. The number of nitrogens with zero attached hydrogens (tertiary/aromatic N) is 1. The molecule has 0 aliphatic carbocycles. The first kappa shape index (κ1) is 11.9. The predicted octanol–water partition coefficient (Wildman–Crippen LogP) is 1.64. The van der Waals surface area contributed by atoms with Crippen molar-refractivity contribution < 1.29 is 14.3 Å². The minimum absolute atomic E-state index is 0.0874. The molecule has 0 radical (unpaired) electrons. The fraction of sp³-hybridized carbons (Fsp3) is 0.286. The van der Waals surface area contributed by atoms with Crippen LogP contribution in [0.25, 0.3) is 10.9 Å². The van der Waals surface area contributed by atoms with E-state index in [4.69, 9.17) is 14.7 Å². The van der Waals surface area contributed by atoms with E-state index < -0.39 is 6.10 Å². The lowest BCUT2D eigenvalue weighted by atomic mass is 10.0. The molecule has 1 aliphatic rings. The van der Waals surface area contributed by atoms with E-state index in [-0.39, 0.29) is 5.78 Å². The Morgan fingerprint density at radius 1 is 1.42 bits per heavy atom. The molecule has 1 atom stereocenters.